The van der Waals surface area contributed by atoms with E-state index in [2.05, 4.69) is 10.4 Å². The number of ether oxygens (including phenoxy) is 1. The fourth-order valence-electron chi connectivity index (χ4n) is 2.66. The first kappa shape index (κ1) is 18.6. The number of methoxy groups -OCH3 is 1. The Morgan fingerprint density at radius 2 is 1.93 bits per heavy atom. The fraction of sp³-hybridized carbons (Fsp3) is 0.238. The molecular weight excluding hydrogens is 345 g/mol. The molecule has 1 N–H and O–H groups in total. The number of hydrogen-bond donors (Lipinski definition) is 1. The van der Waals surface area contributed by atoms with Gasteiger partial charge in [0, 0.05) is 11.6 Å². The van der Waals surface area contributed by atoms with Gasteiger partial charge in [0.25, 0.3) is 5.91 Å². The van der Waals surface area contributed by atoms with Crippen LogP contribution in [0.3, 0.4) is 0 Å². The van der Waals surface area contributed by atoms with Crippen LogP contribution in [0.2, 0.25) is 0 Å². The molecule has 1 aromatic heterocycles. The minimum Gasteiger partial charge on any atom is -0.497 e. The third kappa shape index (κ3) is 4.00. The summed E-state index contributed by atoms with van der Waals surface area (Å²) in [5.41, 5.74) is 1.78. The molecule has 1 atom stereocenters. The number of hydrogen-bond acceptors (Lipinski definition) is 3. The summed E-state index contributed by atoms with van der Waals surface area (Å²) in [4.78, 5) is 12.8. The van der Waals surface area contributed by atoms with E-state index in [4.69, 9.17) is 4.74 Å². The summed E-state index contributed by atoms with van der Waals surface area (Å²) in [6.45, 7) is 3.93. The van der Waals surface area contributed by atoms with Gasteiger partial charge in [-0.1, -0.05) is 19.1 Å². The van der Waals surface area contributed by atoms with E-state index >= 15 is 0 Å². The van der Waals surface area contributed by atoms with E-state index in [9.17, 15) is 9.18 Å². The summed E-state index contributed by atoms with van der Waals surface area (Å²) in [7, 11) is 1.59. The highest BCUT2D eigenvalue weighted by atomic mass is 19.1. The molecule has 2 aromatic carbocycles. The zero-order chi connectivity index (χ0) is 19.4. The van der Waals surface area contributed by atoms with Crippen LogP contribution >= 0.6 is 0 Å². The van der Waals surface area contributed by atoms with Crippen LogP contribution in [0.25, 0.3) is 16.9 Å². The second-order valence-electron chi connectivity index (χ2n) is 6.29. The largest absolute Gasteiger partial charge is 0.497 e. The van der Waals surface area contributed by atoms with Crippen LogP contribution in [-0.4, -0.2) is 28.8 Å². The molecule has 0 unspecified atom stereocenters. The Morgan fingerprint density at radius 3 is 2.56 bits per heavy atom. The number of nitrogens with one attached hydrogen (secondary N) is 1. The second-order valence-corrected chi connectivity index (χ2v) is 6.29. The highest BCUT2D eigenvalue weighted by molar-refractivity contribution is 5.94. The lowest BCUT2D eigenvalue weighted by atomic mass is 10.1. The first-order chi connectivity index (χ1) is 13.0. The van der Waals surface area contributed by atoms with Crippen LogP contribution in [0.5, 0.6) is 5.75 Å². The molecule has 0 spiro atoms. The minimum atomic E-state index is -0.384. The lowest BCUT2D eigenvalue weighted by molar-refractivity contribution is 0.0931. The van der Waals surface area contributed by atoms with Crippen molar-refractivity contribution in [3.63, 3.8) is 0 Å². The number of aromatic nitrogens is 2. The molecule has 5 nitrogen and oxygen atoms in total. The van der Waals surface area contributed by atoms with Crippen molar-refractivity contribution in [1.29, 1.82) is 0 Å². The van der Waals surface area contributed by atoms with Crippen LogP contribution in [0.1, 0.15) is 30.8 Å². The van der Waals surface area contributed by atoms with Crippen LogP contribution in [0.15, 0.2) is 54.6 Å². The third-order valence-electron chi connectivity index (χ3n) is 4.40. The Morgan fingerprint density at radius 1 is 1.22 bits per heavy atom. The van der Waals surface area contributed by atoms with Gasteiger partial charge >= 0.3 is 0 Å². The maximum Gasteiger partial charge on any atom is 0.270 e. The van der Waals surface area contributed by atoms with Gasteiger partial charge in [-0.2, -0.15) is 5.10 Å². The highest BCUT2D eigenvalue weighted by Gasteiger charge is 2.20. The maximum absolute atomic E-state index is 14.2. The Hall–Kier alpha value is -3.15. The van der Waals surface area contributed by atoms with E-state index in [1.807, 2.05) is 13.8 Å². The van der Waals surface area contributed by atoms with Crippen molar-refractivity contribution >= 4 is 5.91 Å². The highest BCUT2D eigenvalue weighted by Crippen LogP contribution is 2.25. The van der Waals surface area contributed by atoms with Crippen molar-refractivity contribution < 1.29 is 13.9 Å². The Kier molecular flexibility index (Phi) is 5.54. The van der Waals surface area contributed by atoms with Crippen molar-refractivity contribution in [3.05, 3.63) is 66.1 Å². The van der Waals surface area contributed by atoms with Gasteiger partial charge < -0.3 is 10.1 Å². The van der Waals surface area contributed by atoms with Gasteiger partial charge in [-0.3, -0.25) is 4.79 Å². The molecule has 0 radical (unpaired) electrons. The molecule has 0 fully saturated rings. The molecule has 3 rings (SSSR count). The number of benzene rings is 2. The fourth-order valence-corrected chi connectivity index (χ4v) is 2.66. The first-order valence-electron chi connectivity index (χ1n) is 8.83. The number of amides is 1. The van der Waals surface area contributed by atoms with Crippen molar-refractivity contribution in [1.82, 2.24) is 15.1 Å². The van der Waals surface area contributed by atoms with Crippen molar-refractivity contribution in [3.8, 4) is 22.7 Å². The molecule has 0 aliphatic carbocycles. The molecule has 0 aliphatic heterocycles. The summed E-state index contributed by atoms with van der Waals surface area (Å²) in [6, 6.07) is 15.2. The van der Waals surface area contributed by atoms with Gasteiger partial charge in [0.05, 0.1) is 18.5 Å². The molecule has 140 valence electrons. The van der Waals surface area contributed by atoms with Crippen molar-refractivity contribution in [2.45, 2.75) is 26.3 Å². The maximum atomic E-state index is 14.2. The SMILES string of the molecule is CC[C@@H](C)NC(=O)c1cc(-c2ccccc2F)nn1-c1ccc(OC)cc1. The first-order valence-corrected chi connectivity index (χ1v) is 8.83. The molecule has 0 bridgehead atoms. The average Bonchev–Trinajstić information content (AvgIpc) is 3.13. The number of carbonyl (C=O) groups is 1. The standard InChI is InChI=1S/C21H22FN3O2/c1-4-14(2)23-21(26)20-13-19(17-7-5-6-8-18(17)22)24-25(20)15-9-11-16(27-3)12-10-15/h5-14H,4H2,1-3H3,(H,23,26)/t14-/m1/s1. The topological polar surface area (TPSA) is 56.2 Å². The summed E-state index contributed by atoms with van der Waals surface area (Å²) >= 11 is 0. The quantitative estimate of drug-likeness (QED) is 0.710. The molecule has 1 amide bonds. The van der Waals surface area contributed by atoms with E-state index in [0.717, 1.165) is 6.42 Å². The number of halogens is 1. The van der Waals surface area contributed by atoms with Crippen molar-refractivity contribution in [2.24, 2.45) is 0 Å². The molecular formula is C21H22FN3O2. The van der Waals surface area contributed by atoms with E-state index in [1.54, 1.807) is 55.6 Å². The average molecular weight is 367 g/mol. The van der Waals surface area contributed by atoms with Gasteiger partial charge in [0.15, 0.2) is 0 Å². The van der Waals surface area contributed by atoms with Crippen LogP contribution in [0, 0.1) is 5.82 Å². The van der Waals surface area contributed by atoms with Crippen LogP contribution < -0.4 is 10.1 Å². The lowest BCUT2D eigenvalue weighted by Gasteiger charge is -2.12. The molecule has 1 heterocycles. The molecule has 0 saturated carbocycles. The third-order valence-corrected chi connectivity index (χ3v) is 4.40. The van der Waals surface area contributed by atoms with E-state index in [1.165, 1.54) is 10.7 Å². The predicted molar refractivity (Wildman–Crippen MR) is 103 cm³/mol. The van der Waals surface area contributed by atoms with Crippen LogP contribution in [0.4, 0.5) is 4.39 Å². The van der Waals surface area contributed by atoms with E-state index < -0.39 is 0 Å². The molecule has 6 heteroatoms. The van der Waals surface area contributed by atoms with Gasteiger partial charge in [-0.25, -0.2) is 9.07 Å². The number of rotatable bonds is 6. The molecule has 3 aromatic rings. The zero-order valence-corrected chi connectivity index (χ0v) is 15.6. The van der Waals surface area contributed by atoms with Crippen molar-refractivity contribution in [2.75, 3.05) is 7.11 Å². The lowest BCUT2D eigenvalue weighted by Crippen LogP contribution is -2.33. The molecule has 27 heavy (non-hydrogen) atoms. The van der Waals surface area contributed by atoms with Gasteiger partial charge in [0.1, 0.15) is 17.3 Å². The van der Waals surface area contributed by atoms with E-state index in [-0.39, 0.29) is 17.8 Å². The van der Waals surface area contributed by atoms with Gasteiger partial charge in [0.2, 0.25) is 0 Å². The molecule has 0 saturated heterocycles. The Bertz CT molecular complexity index is 935. The minimum absolute atomic E-state index is 0.0219. The van der Waals surface area contributed by atoms with Gasteiger partial charge in [-0.15, -0.1) is 0 Å². The van der Waals surface area contributed by atoms with Crippen LogP contribution in [-0.2, 0) is 0 Å². The number of nitrogens with zero attached hydrogens (tertiary/aromatic N) is 2. The molecule has 0 aliphatic rings. The zero-order valence-electron chi connectivity index (χ0n) is 15.6. The second kappa shape index (κ2) is 8.03. The summed E-state index contributed by atoms with van der Waals surface area (Å²) < 4.78 is 20.9. The summed E-state index contributed by atoms with van der Waals surface area (Å²) in [6.07, 6.45) is 0.808. The number of carbonyl (C=O) groups excluding carboxylic acids is 1. The Labute approximate surface area is 157 Å². The predicted octanol–water partition coefficient (Wildman–Crippen LogP) is 4.22. The Balaban J connectivity index is 2.08. The monoisotopic (exact) mass is 367 g/mol. The van der Waals surface area contributed by atoms with E-state index in [0.29, 0.717) is 28.4 Å². The smallest absolute Gasteiger partial charge is 0.270 e. The van der Waals surface area contributed by atoms with Gasteiger partial charge in [-0.05, 0) is 55.8 Å². The summed E-state index contributed by atoms with van der Waals surface area (Å²) in [5.74, 6) is 0.0619. The normalized spacial score (nSPS) is 11.9. The summed E-state index contributed by atoms with van der Waals surface area (Å²) in [5, 5.41) is 7.44.